The zero-order chi connectivity index (χ0) is 14.2. The quantitative estimate of drug-likeness (QED) is 0.848. The Morgan fingerprint density at radius 1 is 1.11 bits per heavy atom. The average molecular weight is 286 g/mol. The smallest absolute Gasteiger partial charge is 0.161 e. The highest BCUT2D eigenvalue weighted by molar-refractivity contribution is 7.11. The molecule has 1 aromatic carbocycles. The molecule has 1 unspecified atom stereocenters. The number of hydrogen-bond donors (Lipinski definition) is 1. The lowest BCUT2D eigenvalue weighted by atomic mass is 10.2. The molecule has 1 aromatic heterocycles. The third kappa shape index (κ3) is 2.89. The molecule has 0 radical (unpaired) electrons. The number of aromatic nitrogens is 1. The standard InChI is InChI=1S/C13H13F3N2S/c1-6-13(19-8(3)17-6)7(2)18-12-5-10(15)9(14)4-11(12)16/h4-5,7,18H,1-3H3. The molecule has 0 aliphatic heterocycles. The molecule has 0 saturated carbocycles. The molecule has 1 atom stereocenters. The van der Waals surface area contributed by atoms with Crippen LogP contribution in [0.4, 0.5) is 18.9 Å². The summed E-state index contributed by atoms with van der Waals surface area (Å²) < 4.78 is 39.5. The highest BCUT2D eigenvalue weighted by atomic mass is 32.1. The summed E-state index contributed by atoms with van der Waals surface area (Å²) in [7, 11) is 0. The third-order valence-electron chi connectivity index (χ3n) is 2.71. The zero-order valence-electron chi connectivity index (χ0n) is 10.7. The first-order valence-electron chi connectivity index (χ1n) is 5.73. The van der Waals surface area contributed by atoms with Gasteiger partial charge in [-0.2, -0.15) is 0 Å². The Morgan fingerprint density at radius 2 is 1.74 bits per heavy atom. The molecule has 2 nitrogen and oxygen atoms in total. The lowest BCUT2D eigenvalue weighted by Crippen LogP contribution is -2.08. The van der Waals surface area contributed by atoms with Crippen molar-refractivity contribution in [2.45, 2.75) is 26.8 Å². The van der Waals surface area contributed by atoms with E-state index in [1.807, 2.05) is 20.8 Å². The highest BCUT2D eigenvalue weighted by Gasteiger charge is 2.16. The summed E-state index contributed by atoms with van der Waals surface area (Å²) in [6.07, 6.45) is 0. The van der Waals surface area contributed by atoms with Crippen molar-refractivity contribution in [2.75, 3.05) is 5.32 Å². The largest absolute Gasteiger partial charge is 0.375 e. The number of thiazole rings is 1. The van der Waals surface area contributed by atoms with Crippen LogP contribution in [0.1, 0.15) is 28.5 Å². The van der Waals surface area contributed by atoms with Crippen molar-refractivity contribution in [3.63, 3.8) is 0 Å². The van der Waals surface area contributed by atoms with E-state index in [4.69, 9.17) is 0 Å². The van der Waals surface area contributed by atoms with Crippen molar-refractivity contribution >= 4 is 17.0 Å². The predicted octanol–water partition coefficient (Wildman–Crippen LogP) is 4.35. The van der Waals surface area contributed by atoms with Gasteiger partial charge < -0.3 is 5.32 Å². The van der Waals surface area contributed by atoms with E-state index in [0.29, 0.717) is 6.07 Å². The van der Waals surface area contributed by atoms with Crippen molar-refractivity contribution in [2.24, 2.45) is 0 Å². The molecule has 19 heavy (non-hydrogen) atoms. The fourth-order valence-electron chi connectivity index (χ4n) is 1.88. The lowest BCUT2D eigenvalue weighted by Gasteiger charge is -2.15. The lowest BCUT2D eigenvalue weighted by molar-refractivity contribution is 0.495. The van der Waals surface area contributed by atoms with E-state index in [-0.39, 0.29) is 11.7 Å². The number of aryl methyl sites for hydroxylation is 2. The van der Waals surface area contributed by atoms with Gasteiger partial charge in [-0.25, -0.2) is 18.2 Å². The minimum atomic E-state index is -1.19. The Balaban J connectivity index is 2.26. The van der Waals surface area contributed by atoms with E-state index in [1.54, 1.807) is 0 Å². The fourth-order valence-corrected chi connectivity index (χ4v) is 2.81. The maximum atomic E-state index is 13.5. The van der Waals surface area contributed by atoms with Gasteiger partial charge in [0.05, 0.1) is 22.4 Å². The van der Waals surface area contributed by atoms with Crippen LogP contribution in [-0.4, -0.2) is 4.98 Å². The zero-order valence-corrected chi connectivity index (χ0v) is 11.5. The Bertz CT molecular complexity index is 610. The van der Waals surface area contributed by atoms with Crippen molar-refractivity contribution in [1.82, 2.24) is 4.98 Å². The number of anilines is 1. The second kappa shape index (κ2) is 5.21. The van der Waals surface area contributed by atoms with Crippen LogP contribution >= 0.6 is 11.3 Å². The molecular weight excluding hydrogens is 273 g/mol. The number of benzene rings is 1. The Labute approximate surface area is 113 Å². The van der Waals surface area contributed by atoms with Gasteiger partial charge in [-0.15, -0.1) is 11.3 Å². The van der Waals surface area contributed by atoms with Gasteiger partial charge in [0.15, 0.2) is 11.6 Å². The monoisotopic (exact) mass is 286 g/mol. The topological polar surface area (TPSA) is 24.9 Å². The first-order valence-corrected chi connectivity index (χ1v) is 6.55. The molecule has 0 fully saturated rings. The fraction of sp³-hybridized carbons (Fsp3) is 0.308. The maximum Gasteiger partial charge on any atom is 0.161 e. The van der Waals surface area contributed by atoms with Gasteiger partial charge in [-0.3, -0.25) is 0 Å². The van der Waals surface area contributed by atoms with Gasteiger partial charge in [0, 0.05) is 17.0 Å². The number of nitrogens with zero attached hydrogens (tertiary/aromatic N) is 1. The van der Waals surface area contributed by atoms with Crippen molar-refractivity contribution < 1.29 is 13.2 Å². The molecule has 0 amide bonds. The van der Waals surface area contributed by atoms with E-state index in [1.165, 1.54) is 11.3 Å². The Kier molecular flexibility index (Phi) is 3.80. The minimum absolute atomic E-state index is 0.0585. The molecule has 2 aromatic rings. The Hall–Kier alpha value is -1.56. The van der Waals surface area contributed by atoms with Crippen molar-refractivity contribution in [3.05, 3.63) is 45.2 Å². The molecule has 0 bridgehead atoms. The molecule has 0 aliphatic carbocycles. The van der Waals surface area contributed by atoms with Crippen LogP contribution in [0.3, 0.4) is 0 Å². The minimum Gasteiger partial charge on any atom is -0.375 e. The molecule has 1 heterocycles. The normalized spacial score (nSPS) is 12.5. The second-order valence-electron chi connectivity index (χ2n) is 4.29. The number of hydrogen-bond acceptors (Lipinski definition) is 3. The van der Waals surface area contributed by atoms with Crippen LogP contribution in [0.25, 0.3) is 0 Å². The van der Waals surface area contributed by atoms with Crippen LogP contribution in [-0.2, 0) is 0 Å². The third-order valence-corrected chi connectivity index (χ3v) is 3.97. The summed E-state index contributed by atoms with van der Waals surface area (Å²) >= 11 is 1.49. The van der Waals surface area contributed by atoms with Gasteiger partial charge in [-0.05, 0) is 20.8 Å². The van der Waals surface area contributed by atoms with Gasteiger partial charge >= 0.3 is 0 Å². The average Bonchev–Trinajstić information content (AvgIpc) is 2.65. The van der Waals surface area contributed by atoms with E-state index in [2.05, 4.69) is 10.3 Å². The highest BCUT2D eigenvalue weighted by Crippen LogP contribution is 2.29. The molecule has 0 aliphatic rings. The van der Waals surface area contributed by atoms with Gasteiger partial charge in [-0.1, -0.05) is 0 Å². The molecule has 0 spiro atoms. The molecule has 2 rings (SSSR count). The van der Waals surface area contributed by atoms with Crippen molar-refractivity contribution in [1.29, 1.82) is 0 Å². The number of rotatable bonds is 3. The SMILES string of the molecule is Cc1nc(C)c(C(C)Nc2cc(F)c(F)cc2F)s1. The van der Waals surface area contributed by atoms with E-state index >= 15 is 0 Å². The van der Waals surface area contributed by atoms with E-state index in [9.17, 15) is 13.2 Å². The molecule has 0 saturated heterocycles. The molecule has 6 heteroatoms. The Morgan fingerprint density at radius 3 is 2.32 bits per heavy atom. The van der Waals surface area contributed by atoms with Crippen molar-refractivity contribution in [3.8, 4) is 0 Å². The first-order chi connectivity index (χ1) is 8.88. The van der Waals surface area contributed by atoms with Crippen LogP contribution in [0.5, 0.6) is 0 Å². The first kappa shape index (κ1) is 13.9. The predicted molar refractivity (Wildman–Crippen MR) is 69.9 cm³/mol. The van der Waals surface area contributed by atoms with Crippen LogP contribution in [0, 0.1) is 31.3 Å². The van der Waals surface area contributed by atoms with E-state index in [0.717, 1.165) is 21.6 Å². The number of halogens is 3. The summed E-state index contributed by atoms with van der Waals surface area (Å²) in [4.78, 5) is 5.22. The van der Waals surface area contributed by atoms with Gasteiger partial charge in [0.1, 0.15) is 5.82 Å². The van der Waals surface area contributed by atoms with Crippen LogP contribution in [0.2, 0.25) is 0 Å². The summed E-state index contributed by atoms with van der Waals surface area (Å²) in [5.41, 5.74) is 0.794. The number of nitrogens with one attached hydrogen (secondary N) is 1. The maximum absolute atomic E-state index is 13.5. The molecule has 102 valence electrons. The second-order valence-corrected chi connectivity index (χ2v) is 5.53. The van der Waals surface area contributed by atoms with Crippen LogP contribution < -0.4 is 5.32 Å². The molecular formula is C13H13F3N2S. The van der Waals surface area contributed by atoms with E-state index < -0.39 is 17.5 Å². The summed E-state index contributed by atoms with van der Waals surface area (Å²) in [6.45, 7) is 5.56. The summed E-state index contributed by atoms with van der Waals surface area (Å²) in [5, 5.41) is 3.75. The van der Waals surface area contributed by atoms with Gasteiger partial charge in [0.2, 0.25) is 0 Å². The summed E-state index contributed by atoms with van der Waals surface area (Å²) in [5.74, 6) is -3.08. The van der Waals surface area contributed by atoms with Gasteiger partial charge in [0.25, 0.3) is 0 Å². The summed E-state index contributed by atoms with van der Waals surface area (Å²) in [6, 6.07) is 1.13. The van der Waals surface area contributed by atoms with Crippen LogP contribution in [0.15, 0.2) is 12.1 Å². The molecule has 1 N–H and O–H groups in total.